The smallest absolute Gasteiger partial charge is 0.319 e. The van der Waals surface area contributed by atoms with Crippen LogP contribution in [0.25, 0.3) is 0 Å². The van der Waals surface area contributed by atoms with Crippen LogP contribution in [0.3, 0.4) is 0 Å². The Hall–Kier alpha value is -4.58. The number of hydrogen-bond acceptors (Lipinski definition) is 3. The maximum Gasteiger partial charge on any atom is 0.319 e. The van der Waals surface area contributed by atoms with E-state index in [1.54, 1.807) is 12.1 Å². The molecule has 1 unspecified atom stereocenters. The van der Waals surface area contributed by atoms with E-state index in [9.17, 15) is 9.59 Å². The monoisotopic (exact) mass is 465 g/mol. The summed E-state index contributed by atoms with van der Waals surface area (Å²) in [5.41, 5.74) is 3.06. The van der Waals surface area contributed by atoms with Gasteiger partial charge in [0.15, 0.2) is 5.75 Å². The average molecular weight is 466 g/mol. The van der Waals surface area contributed by atoms with Crippen molar-refractivity contribution in [1.29, 1.82) is 0 Å². The third kappa shape index (κ3) is 6.71. The molecule has 0 radical (unpaired) electrons. The van der Waals surface area contributed by atoms with Crippen LogP contribution in [0, 0.1) is 6.92 Å². The zero-order valence-corrected chi connectivity index (χ0v) is 19.4. The summed E-state index contributed by atoms with van der Waals surface area (Å²) in [4.78, 5) is 26.2. The van der Waals surface area contributed by atoms with Gasteiger partial charge in [-0.2, -0.15) is 0 Å². The van der Waals surface area contributed by atoms with Gasteiger partial charge in [0.1, 0.15) is 11.8 Å². The first-order valence-electron chi connectivity index (χ1n) is 11.4. The molecule has 176 valence electrons. The van der Waals surface area contributed by atoms with Crippen LogP contribution in [0.1, 0.15) is 11.1 Å². The lowest BCUT2D eigenvalue weighted by atomic mass is 10.1. The number of ether oxygens (including phenoxy) is 1. The minimum Gasteiger partial charge on any atom is -0.455 e. The number of hydrogen-bond donors (Lipinski definition) is 3. The molecule has 0 aromatic heterocycles. The number of anilines is 2. The fourth-order valence-electron chi connectivity index (χ4n) is 3.58. The number of rotatable bonds is 8. The molecule has 1 atom stereocenters. The Morgan fingerprint density at radius 2 is 1.31 bits per heavy atom. The second-order valence-electron chi connectivity index (χ2n) is 8.06. The molecule has 3 N–H and O–H groups in total. The summed E-state index contributed by atoms with van der Waals surface area (Å²) in [5, 5.41) is 8.59. The van der Waals surface area contributed by atoms with Gasteiger partial charge in [0.2, 0.25) is 5.91 Å². The molecule has 4 aromatic carbocycles. The first-order chi connectivity index (χ1) is 17.1. The third-order valence-electron chi connectivity index (χ3n) is 5.41. The summed E-state index contributed by atoms with van der Waals surface area (Å²) in [6.07, 6.45) is 0.329. The average Bonchev–Trinajstić information content (AvgIpc) is 2.87. The van der Waals surface area contributed by atoms with Crippen molar-refractivity contribution < 1.29 is 14.3 Å². The molecule has 4 rings (SSSR count). The fourth-order valence-corrected chi connectivity index (χ4v) is 3.58. The van der Waals surface area contributed by atoms with E-state index < -0.39 is 12.1 Å². The summed E-state index contributed by atoms with van der Waals surface area (Å²) < 4.78 is 5.97. The van der Waals surface area contributed by atoms with Crippen LogP contribution >= 0.6 is 0 Å². The Kier molecular flexibility index (Phi) is 7.76. The molecule has 0 saturated carbocycles. The molecule has 0 aliphatic heterocycles. The Balaban J connectivity index is 1.51. The molecule has 0 bridgehead atoms. The van der Waals surface area contributed by atoms with E-state index in [0.29, 0.717) is 29.3 Å². The maximum absolute atomic E-state index is 13.4. The third-order valence-corrected chi connectivity index (χ3v) is 5.41. The Bertz CT molecular complexity index is 1280. The summed E-state index contributed by atoms with van der Waals surface area (Å²) in [5.74, 6) is 0.818. The first kappa shape index (κ1) is 23.6. The number of carbonyl (C=O) groups is 2. The molecule has 0 fully saturated rings. The van der Waals surface area contributed by atoms with Crippen LogP contribution in [-0.4, -0.2) is 18.0 Å². The van der Waals surface area contributed by atoms with Gasteiger partial charge in [-0.1, -0.05) is 78.9 Å². The van der Waals surface area contributed by atoms with E-state index in [1.165, 1.54) is 0 Å². The molecular weight excluding hydrogens is 438 g/mol. The zero-order chi connectivity index (χ0) is 24.5. The van der Waals surface area contributed by atoms with E-state index >= 15 is 0 Å². The summed E-state index contributed by atoms with van der Waals surface area (Å²) in [7, 11) is 0. The van der Waals surface area contributed by atoms with E-state index in [0.717, 1.165) is 11.1 Å². The summed E-state index contributed by atoms with van der Waals surface area (Å²) in [6.45, 7) is 1.91. The fraction of sp³-hybridized carbons (Fsp3) is 0.103. The van der Waals surface area contributed by atoms with Crippen LogP contribution < -0.4 is 20.7 Å². The lowest BCUT2D eigenvalue weighted by Crippen LogP contribution is -2.47. The SMILES string of the molecule is Cc1ccccc1NC(=O)NC(Cc1ccccc1)C(=O)Nc1ccccc1Oc1ccccc1. The van der Waals surface area contributed by atoms with Crippen LogP contribution in [0.4, 0.5) is 16.2 Å². The van der Waals surface area contributed by atoms with Crippen molar-refractivity contribution in [2.75, 3.05) is 10.6 Å². The van der Waals surface area contributed by atoms with E-state index in [4.69, 9.17) is 4.74 Å². The van der Waals surface area contributed by atoms with Crippen LogP contribution in [0.5, 0.6) is 11.5 Å². The van der Waals surface area contributed by atoms with Gasteiger partial charge in [-0.3, -0.25) is 4.79 Å². The molecule has 0 saturated heterocycles. The standard InChI is InChI=1S/C29H27N3O3/c1-21-12-8-9-17-24(21)31-29(34)32-26(20-22-13-4-2-5-14-22)28(33)30-25-18-10-11-19-27(25)35-23-15-6-3-7-16-23/h2-19,26H,20H2,1H3,(H,30,33)(H2,31,32,34). The van der Waals surface area contributed by atoms with Gasteiger partial charge in [-0.15, -0.1) is 0 Å². The van der Waals surface area contributed by atoms with Gasteiger partial charge in [0, 0.05) is 12.1 Å². The van der Waals surface area contributed by atoms with Crippen molar-refractivity contribution in [3.8, 4) is 11.5 Å². The zero-order valence-electron chi connectivity index (χ0n) is 19.4. The Morgan fingerprint density at radius 1 is 0.714 bits per heavy atom. The van der Waals surface area contributed by atoms with Crippen LogP contribution in [0.15, 0.2) is 109 Å². The lowest BCUT2D eigenvalue weighted by Gasteiger charge is -2.20. The highest BCUT2D eigenvalue weighted by atomic mass is 16.5. The topological polar surface area (TPSA) is 79.5 Å². The minimum absolute atomic E-state index is 0.329. The molecule has 6 heteroatoms. The largest absolute Gasteiger partial charge is 0.455 e. The van der Waals surface area contributed by atoms with Crippen molar-refractivity contribution in [3.05, 3.63) is 120 Å². The Morgan fingerprint density at radius 3 is 2.03 bits per heavy atom. The quantitative estimate of drug-likeness (QED) is 0.292. The first-order valence-corrected chi connectivity index (χ1v) is 11.4. The van der Waals surface area contributed by atoms with Gasteiger partial charge in [0.25, 0.3) is 0 Å². The van der Waals surface area contributed by atoms with Gasteiger partial charge < -0.3 is 20.7 Å². The van der Waals surface area contributed by atoms with Crippen molar-refractivity contribution in [2.24, 2.45) is 0 Å². The number of carbonyl (C=O) groups excluding carboxylic acids is 2. The molecule has 3 amide bonds. The summed E-state index contributed by atoms with van der Waals surface area (Å²) >= 11 is 0. The van der Waals surface area contributed by atoms with Crippen LogP contribution in [0.2, 0.25) is 0 Å². The maximum atomic E-state index is 13.4. The molecular formula is C29H27N3O3. The second kappa shape index (κ2) is 11.5. The second-order valence-corrected chi connectivity index (χ2v) is 8.06. The van der Waals surface area contributed by atoms with Crippen molar-refractivity contribution in [2.45, 2.75) is 19.4 Å². The number of nitrogens with one attached hydrogen (secondary N) is 3. The van der Waals surface area contributed by atoms with Crippen molar-refractivity contribution in [3.63, 3.8) is 0 Å². The number of aryl methyl sites for hydroxylation is 1. The van der Waals surface area contributed by atoms with E-state index in [-0.39, 0.29) is 5.91 Å². The van der Waals surface area contributed by atoms with E-state index in [2.05, 4.69) is 16.0 Å². The number of amides is 3. The molecule has 0 spiro atoms. The Labute approximate surface area is 205 Å². The number of benzene rings is 4. The highest BCUT2D eigenvalue weighted by Gasteiger charge is 2.23. The molecule has 0 heterocycles. The molecule has 6 nitrogen and oxygen atoms in total. The van der Waals surface area contributed by atoms with E-state index in [1.807, 2.05) is 104 Å². The van der Waals surface area contributed by atoms with Gasteiger partial charge in [-0.25, -0.2) is 4.79 Å². The summed E-state index contributed by atoms with van der Waals surface area (Å²) in [6, 6.07) is 32.3. The minimum atomic E-state index is -0.814. The number of urea groups is 1. The predicted octanol–water partition coefficient (Wildman–Crippen LogP) is 6.16. The van der Waals surface area contributed by atoms with Crippen LogP contribution in [-0.2, 0) is 11.2 Å². The van der Waals surface area contributed by atoms with Gasteiger partial charge in [-0.05, 0) is 48.4 Å². The normalized spacial score (nSPS) is 11.2. The van der Waals surface area contributed by atoms with Crippen molar-refractivity contribution in [1.82, 2.24) is 5.32 Å². The van der Waals surface area contributed by atoms with Crippen molar-refractivity contribution >= 4 is 23.3 Å². The highest BCUT2D eigenvalue weighted by molar-refractivity contribution is 6.00. The lowest BCUT2D eigenvalue weighted by molar-refractivity contribution is -0.117. The highest BCUT2D eigenvalue weighted by Crippen LogP contribution is 2.29. The predicted molar refractivity (Wildman–Crippen MR) is 139 cm³/mol. The molecule has 0 aliphatic rings. The molecule has 35 heavy (non-hydrogen) atoms. The van der Waals surface area contributed by atoms with Gasteiger partial charge in [0.05, 0.1) is 5.69 Å². The van der Waals surface area contributed by atoms with Gasteiger partial charge >= 0.3 is 6.03 Å². The molecule has 0 aliphatic carbocycles. The number of para-hydroxylation sites is 4. The molecule has 4 aromatic rings.